The van der Waals surface area contributed by atoms with E-state index >= 15 is 0 Å². The second-order valence-corrected chi connectivity index (χ2v) is 5.66. The number of oxazole rings is 1. The Kier molecular flexibility index (Phi) is 3.33. The molecule has 7 heteroatoms. The highest BCUT2D eigenvalue weighted by Gasteiger charge is 2.32. The van der Waals surface area contributed by atoms with Crippen LogP contribution in [-0.2, 0) is 0 Å². The second-order valence-electron chi connectivity index (χ2n) is 5.66. The molecule has 2 aromatic heterocycles. The number of rotatable bonds is 2. The summed E-state index contributed by atoms with van der Waals surface area (Å²) in [5.41, 5.74) is 1.33. The smallest absolute Gasteiger partial charge is 0.291 e. The third-order valence-electron chi connectivity index (χ3n) is 4.18. The van der Waals surface area contributed by atoms with Gasteiger partial charge in [-0.25, -0.2) is 14.4 Å². The number of H-pyrrole nitrogens is 1. The van der Waals surface area contributed by atoms with Crippen LogP contribution >= 0.6 is 0 Å². The van der Waals surface area contributed by atoms with Crippen LogP contribution in [0, 0.1) is 5.82 Å². The second kappa shape index (κ2) is 5.49. The monoisotopic (exact) mass is 314 g/mol. The molecule has 23 heavy (non-hydrogen) atoms. The summed E-state index contributed by atoms with van der Waals surface area (Å²) in [7, 11) is 0. The van der Waals surface area contributed by atoms with Crippen LogP contribution in [0.1, 0.15) is 41.7 Å². The number of carbonyl (C=O) groups is 1. The van der Waals surface area contributed by atoms with Crippen LogP contribution in [0.5, 0.6) is 0 Å². The molecule has 0 bridgehead atoms. The van der Waals surface area contributed by atoms with Crippen molar-refractivity contribution >= 4 is 16.9 Å². The lowest BCUT2D eigenvalue weighted by atomic mass is 10.0. The van der Waals surface area contributed by atoms with E-state index in [0.717, 1.165) is 19.3 Å². The molecule has 1 atom stereocenters. The van der Waals surface area contributed by atoms with Crippen LogP contribution in [0.4, 0.5) is 4.39 Å². The summed E-state index contributed by atoms with van der Waals surface area (Å²) in [6.45, 7) is 0.635. The molecule has 6 nitrogen and oxygen atoms in total. The average molecular weight is 314 g/mol. The molecule has 0 unspecified atom stereocenters. The Balaban J connectivity index is 1.70. The molecular formula is C16H15FN4O2. The average Bonchev–Trinajstić information content (AvgIpc) is 3.23. The first-order valence-corrected chi connectivity index (χ1v) is 7.57. The van der Waals surface area contributed by atoms with Gasteiger partial charge in [0, 0.05) is 6.54 Å². The van der Waals surface area contributed by atoms with E-state index in [4.69, 9.17) is 4.42 Å². The largest absolute Gasteiger partial charge is 0.438 e. The lowest BCUT2D eigenvalue weighted by Gasteiger charge is -2.33. The van der Waals surface area contributed by atoms with Crippen LogP contribution in [-0.4, -0.2) is 32.3 Å². The van der Waals surface area contributed by atoms with Crippen LogP contribution in [0.15, 0.2) is 35.2 Å². The van der Waals surface area contributed by atoms with Crippen LogP contribution < -0.4 is 0 Å². The van der Waals surface area contributed by atoms with E-state index in [0.29, 0.717) is 23.4 Å². The minimum absolute atomic E-state index is 0.170. The minimum Gasteiger partial charge on any atom is -0.438 e. The molecule has 0 aliphatic carbocycles. The van der Waals surface area contributed by atoms with Crippen molar-refractivity contribution in [1.82, 2.24) is 19.9 Å². The normalized spacial score (nSPS) is 18.5. The molecule has 0 saturated carbocycles. The molecule has 1 saturated heterocycles. The molecule has 1 fully saturated rings. The van der Waals surface area contributed by atoms with E-state index in [2.05, 4.69) is 15.0 Å². The number of amides is 1. The van der Waals surface area contributed by atoms with Gasteiger partial charge in [0.2, 0.25) is 5.76 Å². The fourth-order valence-electron chi connectivity index (χ4n) is 3.08. The predicted octanol–water partition coefficient (Wildman–Crippen LogP) is 3.06. The van der Waals surface area contributed by atoms with Gasteiger partial charge in [-0.1, -0.05) is 0 Å². The van der Waals surface area contributed by atoms with Crippen molar-refractivity contribution in [3.8, 4) is 0 Å². The van der Waals surface area contributed by atoms with E-state index in [1.807, 2.05) is 0 Å². The first kappa shape index (κ1) is 13.9. The minimum atomic E-state index is -0.314. The first-order valence-electron chi connectivity index (χ1n) is 7.57. The molecular weight excluding hydrogens is 299 g/mol. The summed E-state index contributed by atoms with van der Waals surface area (Å²) in [5.74, 6) is 0.391. The Hall–Kier alpha value is -2.70. The predicted molar refractivity (Wildman–Crippen MR) is 80.2 cm³/mol. The van der Waals surface area contributed by atoms with Crippen molar-refractivity contribution in [2.75, 3.05) is 6.54 Å². The van der Waals surface area contributed by atoms with Gasteiger partial charge in [-0.15, -0.1) is 0 Å². The summed E-state index contributed by atoms with van der Waals surface area (Å²) in [5, 5.41) is 0. The van der Waals surface area contributed by atoms with Crippen molar-refractivity contribution in [2.45, 2.75) is 25.3 Å². The molecule has 3 heterocycles. The number of aromatic amines is 1. The van der Waals surface area contributed by atoms with E-state index in [1.54, 1.807) is 11.0 Å². The van der Waals surface area contributed by atoms with Gasteiger partial charge in [0.25, 0.3) is 5.91 Å². The third kappa shape index (κ3) is 2.48. The summed E-state index contributed by atoms with van der Waals surface area (Å²) in [6.07, 6.45) is 5.42. The van der Waals surface area contributed by atoms with E-state index in [1.165, 1.54) is 24.7 Å². The van der Waals surface area contributed by atoms with E-state index < -0.39 is 0 Å². The number of nitrogens with one attached hydrogen (secondary N) is 1. The summed E-state index contributed by atoms with van der Waals surface area (Å²) >= 11 is 0. The zero-order valence-electron chi connectivity index (χ0n) is 12.3. The third-order valence-corrected chi connectivity index (χ3v) is 4.18. The Labute approximate surface area is 131 Å². The zero-order chi connectivity index (χ0) is 15.8. The molecule has 1 aliphatic heterocycles. The highest BCUT2D eigenvalue weighted by Crippen LogP contribution is 2.31. The van der Waals surface area contributed by atoms with Crippen LogP contribution in [0.2, 0.25) is 0 Å². The number of carbonyl (C=O) groups excluding carboxylic acids is 1. The van der Waals surface area contributed by atoms with Crippen molar-refractivity contribution in [1.29, 1.82) is 0 Å². The van der Waals surface area contributed by atoms with Crippen molar-refractivity contribution in [2.24, 2.45) is 0 Å². The fourth-order valence-corrected chi connectivity index (χ4v) is 3.08. The topological polar surface area (TPSA) is 75.0 Å². The number of imidazole rings is 1. The van der Waals surface area contributed by atoms with Gasteiger partial charge in [-0.2, -0.15) is 0 Å². The quantitative estimate of drug-likeness (QED) is 0.789. The maximum Gasteiger partial charge on any atom is 0.291 e. The first-order chi connectivity index (χ1) is 11.2. The fraction of sp³-hybridized carbons (Fsp3) is 0.312. The number of aromatic nitrogens is 3. The van der Waals surface area contributed by atoms with Gasteiger partial charge in [-0.3, -0.25) is 4.79 Å². The number of fused-ring (bicyclic) bond motifs is 1. The molecule has 1 N–H and O–H groups in total. The van der Waals surface area contributed by atoms with Gasteiger partial charge in [-0.05, 0) is 37.5 Å². The summed E-state index contributed by atoms with van der Waals surface area (Å²) in [6, 6.07) is 4.26. The number of piperidine rings is 1. The Bertz CT molecular complexity index is 843. The standard InChI is InChI=1S/C16H15FN4O2/c17-10-4-5-11-12(7-10)20-15(19-11)13-3-1-2-6-21(13)16(22)14-8-18-9-23-14/h4-5,7-9,13H,1-3,6H2,(H,19,20)/t13-/m0/s1. The van der Waals surface area contributed by atoms with E-state index in [-0.39, 0.29) is 23.5 Å². The number of nitrogens with zero attached hydrogens (tertiary/aromatic N) is 3. The van der Waals surface area contributed by atoms with Gasteiger partial charge < -0.3 is 14.3 Å². The van der Waals surface area contributed by atoms with E-state index in [9.17, 15) is 9.18 Å². The Morgan fingerprint density at radius 2 is 2.30 bits per heavy atom. The maximum absolute atomic E-state index is 13.3. The van der Waals surface area contributed by atoms with Gasteiger partial charge in [0.1, 0.15) is 11.6 Å². The number of hydrogen-bond donors (Lipinski definition) is 1. The Morgan fingerprint density at radius 3 is 3.13 bits per heavy atom. The number of benzene rings is 1. The number of likely N-dealkylation sites (tertiary alicyclic amines) is 1. The lowest BCUT2D eigenvalue weighted by Crippen LogP contribution is -2.38. The summed E-state index contributed by atoms with van der Waals surface area (Å²) in [4.78, 5) is 25.8. The SMILES string of the molecule is O=C(c1cnco1)N1CCCC[C@H]1c1nc2ccc(F)cc2[nH]1. The molecule has 118 valence electrons. The van der Waals surface area contributed by atoms with Crippen molar-refractivity contribution in [3.63, 3.8) is 0 Å². The van der Waals surface area contributed by atoms with Gasteiger partial charge in [0.15, 0.2) is 6.39 Å². The molecule has 1 amide bonds. The molecule has 0 radical (unpaired) electrons. The van der Waals surface area contributed by atoms with Gasteiger partial charge in [0.05, 0.1) is 23.3 Å². The zero-order valence-corrected chi connectivity index (χ0v) is 12.3. The number of hydrogen-bond acceptors (Lipinski definition) is 4. The number of halogens is 1. The van der Waals surface area contributed by atoms with Gasteiger partial charge >= 0.3 is 0 Å². The summed E-state index contributed by atoms with van der Waals surface area (Å²) < 4.78 is 18.5. The van der Waals surface area contributed by atoms with Crippen LogP contribution in [0.25, 0.3) is 11.0 Å². The highest BCUT2D eigenvalue weighted by molar-refractivity contribution is 5.91. The molecule has 0 spiro atoms. The van der Waals surface area contributed by atoms with Crippen LogP contribution in [0.3, 0.4) is 0 Å². The van der Waals surface area contributed by atoms with Crippen molar-refractivity contribution < 1.29 is 13.6 Å². The highest BCUT2D eigenvalue weighted by atomic mass is 19.1. The Morgan fingerprint density at radius 1 is 1.39 bits per heavy atom. The molecule has 3 aromatic rings. The lowest BCUT2D eigenvalue weighted by molar-refractivity contribution is 0.0569. The molecule has 4 rings (SSSR count). The molecule has 1 aliphatic rings. The van der Waals surface area contributed by atoms with Crippen molar-refractivity contribution in [3.05, 3.63) is 48.2 Å². The molecule has 1 aromatic carbocycles. The maximum atomic E-state index is 13.3.